The van der Waals surface area contributed by atoms with Crippen LogP contribution in [0.5, 0.6) is 5.75 Å². The summed E-state index contributed by atoms with van der Waals surface area (Å²) in [7, 11) is -3.60. The standard InChI is InChI=1S/C16H16ClNO5S/c17-12-6-8-13(9-7-12)24(21,22)18-10-3-11-23-15-5-2-1-4-14(15)16(19)20/h1-2,4-9,18H,3,10-11H2,(H,19,20). The van der Waals surface area contributed by atoms with E-state index in [1.54, 1.807) is 18.2 Å². The summed E-state index contributed by atoms with van der Waals surface area (Å²) in [6.07, 6.45) is 0.390. The Morgan fingerprint density at radius 1 is 1.12 bits per heavy atom. The number of nitrogens with one attached hydrogen (secondary N) is 1. The Labute approximate surface area is 145 Å². The van der Waals surface area contributed by atoms with E-state index in [4.69, 9.17) is 21.4 Å². The Morgan fingerprint density at radius 2 is 1.79 bits per heavy atom. The lowest BCUT2D eigenvalue weighted by atomic mass is 10.2. The Hall–Kier alpha value is -2.09. The molecule has 0 saturated carbocycles. The average Bonchev–Trinajstić information content (AvgIpc) is 2.55. The Kier molecular flexibility index (Phi) is 6.19. The molecule has 0 aliphatic heterocycles. The minimum absolute atomic E-state index is 0.0687. The highest BCUT2D eigenvalue weighted by Gasteiger charge is 2.13. The highest BCUT2D eigenvalue weighted by molar-refractivity contribution is 7.89. The zero-order valence-electron chi connectivity index (χ0n) is 12.6. The summed E-state index contributed by atoms with van der Waals surface area (Å²) in [5, 5.41) is 9.50. The van der Waals surface area contributed by atoms with Crippen molar-refractivity contribution in [3.05, 3.63) is 59.1 Å². The van der Waals surface area contributed by atoms with Gasteiger partial charge in [-0.2, -0.15) is 0 Å². The van der Waals surface area contributed by atoms with Crippen molar-refractivity contribution in [2.75, 3.05) is 13.2 Å². The number of aromatic carboxylic acids is 1. The monoisotopic (exact) mass is 369 g/mol. The van der Waals surface area contributed by atoms with Gasteiger partial charge in [0, 0.05) is 11.6 Å². The molecular formula is C16H16ClNO5S. The van der Waals surface area contributed by atoms with Gasteiger partial charge < -0.3 is 9.84 Å². The lowest BCUT2D eigenvalue weighted by molar-refractivity contribution is 0.0692. The van der Waals surface area contributed by atoms with Crippen LogP contribution in [0.4, 0.5) is 0 Å². The first-order valence-corrected chi connectivity index (χ1v) is 8.96. The predicted octanol–water partition coefficient (Wildman–Crippen LogP) is 2.79. The van der Waals surface area contributed by atoms with Crippen molar-refractivity contribution in [1.29, 1.82) is 0 Å². The van der Waals surface area contributed by atoms with Gasteiger partial charge in [-0.1, -0.05) is 23.7 Å². The molecule has 24 heavy (non-hydrogen) atoms. The summed E-state index contributed by atoms with van der Waals surface area (Å²) in [6.45, 7) is 0.355. The molecule has 0 aliphatic carbocycles. The molecule has 0 heterocycles. The molecule has 0 atom stereocenters. The smallest absolute Gasteiger partial charge is 0.339 e. The fourth-order valence-electron chi connectivity index (χ4n) is 1.93. The van der Waals surface area contributed by atoms with Crippen molar-refractivity contribution >= 4 is 27.6 Å². The molecule has 2 rings (SSSR count). The van der Waals surface area contributed by atoms with E-state index in [0.717, 1.165) is 0 Å². The number of benzene rings is 2. The maximum Gasteiger partial charge on any atom is 0.339 e. The number of para-hydroxylation sites is 1. The van der Waals surface area contributed by atoms with Crippen LogP contribution in [0, 0.1) is 0 Å². The fourth-order valence-corrected chi connectivity index (χ4v) is 3.13. The van der Waals surface area contributed by atoms with Crippen LogP contribution in [-0.4, -0.2) is 32.6 Å². The molecule has 128 valence electrons. The number of rotatable bonds is 8. The average molecular weight is 370 g/mol. The zero-order chi connectivity index (χ0) is 17.6. The van der Waals surface area contributed by atoms with E-state index >= 15 is 0 Å². The lowest BCUT2D eigenvalue weighted by Crippen LogP contribution is -2.25. The number of carboxylic acids is 1. The van der Waals surface area contributed by atoms with Crippen molar-refractivity contribution in [1.82, 2.24) is 4.72 Å². The molecule has 0 saturated heterocycles. The molecule has 2 N–H and O–H groups in total. The number of halogens is 1. The van der Waals surface area contributed by atoms with Crippen LogP contribution in [0.3, 0.4) is 0 Å². The second-order valence-corrected chi connectivity index (χ2v) is 7.06. The maximum atomic E-state index is 12.0. The Bertz CT molecular complexity index is 805. The molecule has 0 bridgehead atoms. The van der Waals surface area contributed by atoms with Crippen LogP contribution in [0.25, 0.3) is 0 Å². The molecule has 2 aromatic carbocycles. The van der Waals surface area contributed by atoms with Crippen molar-refractivity contribution in [3.63, 3.8) is 0 Å². The SMILES string of the molecule is O=C(O)c1ccccc1OCCCNS(=O)(=O)c1ccc(Cl)cc1. The van der Waals surface area contributed by atoms with Crippen molar-refractivity contribution in [2.24, 2.45) is 0 Å². The van der Waals surface area contributed by atoms with Gasteiger partial charge in [0.05, 0.1) is 11.5 Å². The largest absolute Gasteiger partial charge is 0.493 e. The molecule has 0 aromatic heterocycles. The molecule has 6 nitrogen and oxygen atoms in total. The van der Waals surface area contributed by atoms with Gasteiger partial charge in [0.1, 0.15) is 11.3 Å². The number of carboxylic acid groups (broad SMARTS) is 1. The minimum Gasteiger partial charge on any atom is -0.493 e. The van der Waals surface area contributed by atoms with E-state index in [2.05, 4.69) is 4.72 Å². The summed E-state index contributed by atoms with van der Waals surface area (Å²) in [5.41, 5.74) is 0.0687. The molecule has 8 heteroatoms. The van der Waals surface area contributed by atoms with E-state index in [0.29, 0.717) is 11.4 Å². The van der Waals surface area contributed by atoms with Gasteiger partial charge in [0.15, 0.2) is 0 Å². The minimum atomic E-state index is -3.60. The Morgan fingerprint density at radius 3 is 2.46 bits per heavy atom. The molecular weight excluding hydrogens is 354 g/mol. The van der Waals surface area contributed by atoms with Crippen LogP contribution in [0.2, 0.25) is 5.02 Å². The third kappa shape index (κ3) is 4.95. The second-order valence-electron chi connectivity index (χ2n) is 4.86. The number of hydrogen-bond acceptors (Lipinski definition) is 4. The van der Waals surface area contributed by atoms with Gasteiger partial charge >= 0.3 is 5.97 Å². The first-order chi connectivity index (χ1) is 11.4. The molecule has 0 spiro atoms. The summed E-state index contributed by atoms with van der Waals surface area (Å²) in [4.78, 5) is 11.2. The quantitative estimate of drug-likeness (QED) is 0.698. The molecule has 0 fully saturated rings. The van der Waals surface area contributed by atoms with Crippen molar-refractivity contribution in [2.45, 2.75) is 11.3 Å². The van der Waals surface area contributed by atoms with Crippen LogP contribution in [0.1, 0.15) is 16.8 Å². The summed E-state index contributed by atoms with van der Waals surface area (Å²) < 4.78 is 31.9. The summed E-state index contributed by atoms with van der Waals surface area (Å²) in [6, 6.07) is 12.1. The normalized spacial score (nSPS) is 11.2. The third-order valence-corrected chi connectivity index (χ3v) is 4.84. The lowest BCUT2D eigenvalue weighted by Gasteiger charge is -2.10. The first kappa shape index (κ1) is 18.3. The molecule has 0 amide bonds. The van der Waals surface area contributed by atoms with E-state index in [1.165, 1.54) is 30.3 Å². The molecule has 0 aliphatic rings. The fraction of sp³-hybridized carbons (Fsp3) is 0.188. The van der Waals surface area contributed by atoms with Gasteiger partial charge in [-0.25, -0.2) is 17.9 Å². The van der Waals surface area contributed by atoms with Gasteiger partial charge in [-0.15, -0.1) is 0 Å². The molecule has 0 unspecified atom stereocenters. The van der Waals surface area contributed by atoms with Crippen molar-refractivity contribution in [3.8, 4) is 5.75 Å². The topological polar surface area (TPSA) is 92.7 Å². The van der Waals surface area contributed by atoms with Crippen molar-refractivity contribution < 1.29 is 23.1 Å². The zero-order valence-corrected chi connectivity index (χ0v) is 14.2. The van der Waals surface area contributed by atoms with E-state index in [9.17, 15) is 13.2 Å². The maximum absolute atomic E-state index is 12.0. The number of carbonyl (C=O) groups is 1. The number of ether oxygens (including phenoxy) is 1. The van der Waals surface area contributed by atoms with Gasteiger partial charge in [-0.3, -0.25) is 0 Å². The molecule has 2 aromatic rings. The second kappa shape index (κ2) is 8.14. The summed E-state index contributed by atoms with van der Waals surface area (Å²) in [5.74, 6) is -0.820. The third-order valence-electron chi connectivity index (χ3n) is 3.11. The van der Waals surface area contributed by atoms with Crippen LogP contribution in [0.15, 0.2) is 53.4 Å². The van der Waals surface area contributed by atoms with Crippen LogP contribution < -0.4 is 9.46 Å². The van der Waals surface area contributed by atoms with Crippen LogP contribution >= 0.6 is 11.6 Å². The first-order valence-electron chi connectivity index (χ1n) is 7.10. The van der Waals surface area contributed by atoms with Gasteiger partial charge in [0.2, 0.25) is 10.0 Å². The highest BCUT2D eigenvalue weighted by Crippen LogP contribution is 2.18. The number of sulfonamides is 1. The van der Waals surface area contributed by atoms with Gasteiger partial charge in [-0.05, 0) is 42.8 Å². The predicted molar refractivity (Wildman–Crippen MR) is 90.2 cm³/mol. The van der Waals surface area contributed by atoms with Crippen LogP contribution in [-0.2, 0) is 10.0 Å². The van der Waals surface area contributed by atoms with E-state index < -0.39 is 16.0 Å². The summed E-state index contributed by atoms with van der Waals surface area (Å²) >= 11 is 5.73. The van der Waals surface area contributed by atoms with E-state index in [-0.39, 0.29) is 29.4 Å². The highest BCUT2D eigenvalue weighted by atomic mass is 35.5. The number of hydrogen-bond donors (Lipinski definition) is 2. The molecule has 0 radical (unpaired) electrons. The Balaban J connectivity index is 1.83. The van der Waals surface area contributed by atoms with Gasteiger partial charge in [0.25, 0.3) is 0 Å². The van der Waals surface area contributed by atoms with E-state index in [1.807, 2.05) is 0 Å².